The van der Waals surface area contributed by atoms with Crippen LogP contribution in [0.15, 0.2) is 42.5 Å². The van der Waals surface area contributed by atoms with Crippen LogP contribution in [0, 0.1) is 13.8 Å². The largest absolute Gasteiger partial charge is 0.491 e. The van der Waals surface area contributed by atoms with Gasteiger partial charge < -0.3 is 14.7 Å². The summed E-state index contributed by atoms with van der Waals surface area (Å²) in [5.41, 5.74) is 5.34. The standard InChI is InChI=1S/C23H33NO2/c1-18-13-19(2)15-20(14-18)9-5-6-10-21-11-7-8-12-23(21)26-17-22(25)16-24(3)4/h7-8,11-15,22,25H,5-6,9-10,16-17H2,1-4H3. The van der Waals surface area contributed by atoms with Gasteiger partial charge in [0.25, 0.3) is 0 Å². The fourth-order valence-electron chi connectivity index (χ4n) is 3.37. The first-order valence-corrected chi connectivity index (χ1v) is 9.54. The van der Waals surface area contributed by atoms with E-state index >= 15 is 0 Å². The second-order valence-electron chi connectivity index (χ2n) is 7.54. The summed E-state index contributed by atoms with van der Waals surface area (Å²) in [6, 6.07) is 15.0. The molecule has 3 nitrogen and oxygen atoms in total. The first-order chi connectivity index (χ1) is 12.4. The molecule has 0 heterocycles. The highest BCUT2D eigenvalue weighted by Gasteiger charge is 2.09. The van der Waals surface area contributed by atoms with Gasteiger partial charge >= 0.3 is 0 Å². The van der Waals surface area contributed by atoms with E-state index in [4.69, 9.17) is 4.74 Å². The second kappa shape index (κ2) is 10.3. The molecule has 0 aliphatic heterocycles. The Morgan fingerprint density at radius 2 is 1.62 bits per heavy atom. The highest BCUT2D eigenvalue weighted by Crippen LogP contribution is 2.21. The van der Waals surface area contributed by atoms with E-state index in [0.717, 1.165) is 25.0 Å². The first kappa shape index (κ1) is 20.5. The topological polar surface area (TPSA) is 32.7 Å². The Labute approximate surface area is 158 Å². The number of benzene rings is 2. The van der Waals surface area contributed by atoms with Crippen LogP contribution in [-0.4, -0.2) is 43.4 Å². The molecule has 0 saturated carbocycles. The van der Waals surface area contributed by atoms with Gasteiger partial charge in [-0.05, 0) is 70.8 Å². The SMILES string of the molecule is Cc1cc(C)cc(CCCCc2ccccc2OCC(O)CN(C)C)c1. The number of nitrogens with zero attached hydrogens (tertiary/aromatic N) is 1. The molecule has 0 bridgehead atoms. The summed E-state index contributed by atoms with van der Waals surface area (Å²) in [5, 5.41) is 9.99. The lowest BCUT2D eigenvalue weighted by molar-refractivity contribution is 0.0827. The average Bonchev–Trinajstić information content (AvgIpc) is 2.56. The zero-order valence-corrected chi connectivity index (χ0v) is 16.7. The number of unbranched alkanes of at least 4 members (excludes halogenated alkanes) is 1. The van der Waals surface area contributed by atoms with Gasteiger partial charge in [0, 0.05) is 6.54 Å². The summed E-state index contributed by atoms with van der Waals surface area (Å²) >= 11 is 0. The molecule has 142 valence electrons. The third-order valence-corrected chi connectivity index (χ3v) is 4.42. The minimum atomic E-state index is -0.470. The summed E-state index contributed by atoms with van der Waals surface area (Å²) in [4.78, 5) is 1.97. The van der Waals surface area contributed by atoms with Crippen molar-refractivity contribution in [1.82, 2.24) is 4.90 Å². The molecule has 1 unspecified atom stereocenters. The van der Waals surface area contributed by atoms with E-state index in [1.807, 2.05) is 31.1 Å². The van der Waals surface area contributed by atoms with Crippen LogP contribution in [0.1, 0.15) is 35.1 Å². The van der Waals surface area contributed by atoms with E-state index in [1.54, 1.807) is 0 Å². The Morgan fingerprint density at radius 3 is 2.31 bits per heavy atom. The molecule has 0 aliphatic rings. The molecule has 0 aromatic heterocycles. The number of aryl methyl sites for hydroxylation is 4. The van der Waals surface area contributed by atoms with Gasteiger partial charge in [-0.3, -0.25) is 0 Å². The van der Waals surface area contributed by atoms with Gasteiger partial charge in [0.1, 0.15) is 18.5 Å². The minimum Gasteiger partial charge on any atom is -0.491 e. The van der Waals surface area contributed by atoms with Crippen molar-refractivity contribution in [1.29, 1.82) is 0 Å². The average molecular weight is 356 g/mol. The van der Waals surface area contributed by atoms with Gasteiger partial charge in [-0.25, -0.2) is 0 Å². The van der Waals surface area contributed by atoms with Crippen LogP contribution in [0.5, 0.6) is 5.75 Å². The van der Waals surface area contributed by atoms with E-state index in [2.05, 4.69) is 44.2 Å². The number of para-hydroxylation sites is 1. The van der Waals surface area contributed by atoms with E-state index < -0.39 is 6.10 Å². The third kappa shape index (κ3) is 7.19. The Kier molecular flexibility index (Phi) is 8.14. The number of ether oxygens (including phenoxy) is 1. The molecule has 26 heavy (non-hydrogen) atoms. The molecule has 1 atom stereocenters. The van der Waals surface area contributed by atoms with Crippen LogP contribution in [-0.2, 0) is 12.8 Å². The molecule has 2 aromatic rings. The van der Waals surface area contributed by atoms with Gasteiger partial charge in [0.2, 0.25) is 0 Å². The maximum Gasteiger partial charge on any atom is 0.122 e. The maximum absolute atomic E-state index is 9.99. The molecule has 0 saturated heterocycles. The molecule has 0 amide bonds. The first-order valence-electron chi connectivity index (χ1n) is 9.54. The van der Waals surface area contributed by atoms with Gasteiger partial charge in [-0.2, -0.15) is 0 Å². The Morgan fingerprint density at radius 1 is 0.962 bits per heavy atom. The number of rotatable bonds is 10. The summed E-state index contributed by atoms with van der Waals surface area (Å²) in [5.74, 6) is 0.900. The van der Waals surface area contributed by atoms with Crippen LogP contribution < -0.4 is 4.74 Å². The molecular weight excluding hydrogens is 322 g/mol. The van der Waals surface area contributed by atoms with Crippen LogP contribution in [0.4, 0.5) is 0 Å². The summed E-state index contributed by atoms with van der Waals surface area (Å²) in [7, 11) is 3.90. The molecule has 1 N–H and O–H groups in total. The molecule has 0 aliphatic carbocycles. The highest BCUT2D eigenvalue weighted by atomic mass is 16.5. The van der Waals surface area contributed by atoms with Crippen LogP contribution >= 0.6 is 0 Å². The highest BCUT2D eigenvalue weighted by molar-refractivity contribution is 5.33. The smallest absolute Gasteiger partial charge is 0.122 e. The number of hydrogen-bond acceptors (Lipinski definition) is 3. The van der Waals surface area contributed by atoms with Crippen molar-refractivity contribution in [2.24, 2.45) is 0 Å². The van der Waals surface area contributed by atoms with Crippen molar-refractivity contribution in [2.45, 2.75) is 45.6 Å². The number of likely N-dealkylation sites (N-methyl/N-ethyl adjacent to an activating group) is 1. The molecule has 2 rings (SSSR count). The Bertz CT molecular complexity index is 661. The zero-order chi connectivity index (χ0) is 18.9. The molecule has 0 radical (unpaired) electrons. The number of hydrogen-bond donors (Lipinski definition) is 1. The maximum atomic E-state index is 9.99. The van der Waals surface area contributed by atoms with Crippen molar-refractivity contribution >= 4 is 0 Å². The summed E-state index contributed by atoms with van der Waals surface area (Å²) in [6.07, 6.45) is 3.95. The lowest BCUT2D eigenvalue weighted by Gasteiger charge is -2.18. The second-order valence-corrected chi connectivity index (χ2v) is 7.54. The Balaban J connectivity index is 1.82. The predicted octanol–water partition coefficient (Wildman–Crippen LogP) is 4.17. The predicted molar refractivity (Wildman–Crippen MR) is 109 cm³/mol. The van der Waals surface area contributed by atoms with E-state index in [1.165, 1.54) is 28.7 Å². The lowest BCUT2D eigenvalue weighted by atomic mass is 10.0. The van der Waals surface area contributed by atoms with Crippen molar-refractivity contribution in [3.8, 4) is 5.75 Å². The van der Waals surface area contributed by atoms with Crippen LogP contribution in [0.3, 0.4) is 0 Å². The minimum absolute atomic E-state index is 0.331. The fourth-order valence-corrected chi connectivity index (χ4v) is 3.37. The van der Waals surface area contributed by atoms with Crippen molar-refractivity contribution in [3.63, 3.8) is 0 Å². The zero-order valence-electron chi connectivity index (χ0n) is 16.7. The van der Waals surface area contributed by atoms with Crippen molar-refractivity contribution < 1.29 is 9.84 Å². The summed E-state index contributed by atoms with van der Waals surface area (Å²) < 4.78 is 5.87. The van der Waals surface area contributed by atoms with Crippen LogP contribution in [0.2, 0.25) is 0 Å². The molecule has 2 aromatic carbocycles. The van der Waals surface area contributed by atoms with Crippen LogP contribution in [0.25, 0.3) is 0 Å². The molecule has 0 spiro atoms. The van der Waals surface area contributed by atoms with E-state index in [9.17, 15) is 5.11 Å². The fraction of sp³-hybridized carbons (Fsp3) is 0.478. The van der Waals surface area contributed by atoms with E-state index in [0.29, 0.717) is 13.2 Å². The van der Waals surface area contributed by atoms with Gasteiger partial charge in [0.15, 0.2) is 0 Å². The van der Waals surface area contributed by atoms with Crippen molar-refractivity contribution in [2.75, 3.05) is 27.2 Å². The molecule has 0 fully saturated rings. The normalized spacial score (nSPS) is 12.4. The quantitative estimate of drug-likeness (QED) is 0.649. The summed E-state index contributed by atoms with van der Waals surface area (Å²) in [6.45, 7) is 5.26. The third-order valence-electron chi connectivity index (χ3n) is 4.42. The van der Waals surface area contributed by atoms with Gasteiger partial charge in [0.05, 0.1) is 0 Å². The van der Waals surface area contributed by atoms with Gasteiger partial charge in [-0.15, -0.1) is 0 Å². The number of aliphatic hydroxyl groups is 1. The molecular formula is C23H33NO2. The van der Waals surface area contributed by atoms with Gasteiger partial charge in [-0.1, -0.05) is 47.5 Å². The van der Waals surface area contributed by atoms with Crippen molar-refractivity contribution in [3.05, 3.63) is 64.7 Å². The van der Waals surface area contributed by atoms with E-state index in [-0.39, 0.29) is 0 Å². The lowest BCUT2D eigenvalue weighted by Crippen LogP contribution is -2.30. The molecule has 3 heteroatoms. The monoisotopic (exact) mass is 355 g/mol. The Hall–Kier alpha value is -1.84. The number of aliphatic hydroxyl groups excluding tert-OH is 1.